The molecule has 120 valence electrons. The molecule has 1 rings (SSSR count). The molecule has 0 fully saturated rings. The largest absolute Gasteiger partial charge is 0.493 e. The van der Waals surface area contributed by atoms with E-state index in [0.717, 1.165) is 29.7 Å². The Balaban J connectivity index is 2.74. The van der Waals surface area contributed by atoms with Crippen LogP contribution >= 0.6 is 15.9 Å². The number of rotatable bonds is 10. The van der Waals surface area contributed by atoms with Gasteiger partial charge in [0.2, 0.25) is 0 Å². The maximum absolute atomic E-state index is 5.83. The fourth-order valence-corrected chi connectivity index (χ4v) is 3.09. The van der Waals surface area contributed by atoms with Crippen LogP contribution in [0.1, 0.15) is 25.8 Å². The van der Waals surface area contributed by atoms with Crippen LogP contribution in [-0.2, 0) is 11.2 Å². The summed E-state index contributed by atoms with van der Waals surface area (Å²) in [6.07, 6.45) is 1.92. The predicted octanol–water partition coefficient (Wildman–Crippen LogP) is 4.32. The summed E-state index contributed by atoms with van der Waals surface area (Å²) in [5.74, 6) is 2.89. The summed E-state index contributed by atoms with van der Waals surface area (Å²) in [6.45, 7) is 5.87. The van der Waals surface area contributed by atoms with Crippen molar-refractivity contribution in [2.45, 2.75) is 26.7 Å². The maximum atomic E-state index is 5.83. The van der Waals surface area contributed by atoms with Crippen LogP contribution in [0, 0.1) is 11.8 Å². The van der Waals surface area contributed by atoms with Gasteiger partial charge in [0, 0.05) is 25.5 Å². The third-order valence-corrected chi connectivity index (χ3v) is 4.45. The van der Waals surface area contributed by atoms with Crippen molar-refractivity contribution in [3.63, 3.8) is 0 Å². The molecule has 0 aliphatic carbocycles. The minimum atomic E-state index is 0.625. The van der Waals surface area contributed by atoms with Crippen molar-refractivity contribution < 1.29 is 14.2 Å². The Kier molecular flexibility index (Phi) is 8.77. The SMILES string of the molecule is COCCCOc1cc(C[C@@H](CBr)C(C)C)ccc1OC. The molecular weight excluding hydrogens is 332 g/mol. The second-order valence-electron chi connectivity index (χ2n) is 5.54. The first kappa shape index (κ1) is 18.3. The van der Waals surface area contributed by atoms with Crippen LogP contribution < -0.4 is 9.47 Å². The molecule has 0 saturated carbocycles. The van der Waals surface area contributed by atoms with E-state index < -0.39 is 0 Å². The number of hydrogen-bond acceptors (Lipinski definition) is 3. The van der Waals surface area contributed by atoms with Gasteiger partial charge in [0.25, 0.3) is 0 Å². The zero-order valence-electron chi connectivity index (χ0n) is 13.5. The van der Waals surface area contributed by atoms with Gasteiger partial charge in [-0.2, -0.15) is 0 Å². The molecule has 0 unspecified atom stereocenters. The Morgan fingerprint density at radius 2 is 1.86 bits per heavy atom. The maximum Gasteiger partial charge on any atom is 0.161 e. The molecule has 0 saturated heterocycles. The van der Waals surface area contributed by atoms with E-state index in [-0.39, 0.29) is 0 Å². The summed E-state index contributed by atoms with van der Waals surface area (Å²) in [7, 11) is 3.37. The zero-order valence-corrected chi connectivity index (χ0v) is 15.1. The summed E-state index contributed by atoms with van der Waals surface area (Å²) in [5, 5.41) is 1.01. The minimum Gasteiger partial charge on any atom is -0.493 e. The van der Waals surface area contributed by atoms with E-state index >= 15 is 0 Å². The lowest BCUT2D eigenvalue weighted by molar-refractivity contribution is 0.170. The molecule has 0 amide bonds. The number of methoxy groups -OCH3 is 2. The first-order chi connectivity index (χ1) is 10.1. The highest BCUT2D eigenvalue weighted by atomic mass is 79.9. The van der Waals surface area contributed by atoms with Gasteiger partial charge in [0.1, 0.15) is 0 Å². The van der Waals surface area contributed by atoms with E-state index in [0.29, 0.717) is 25.0 Å². The molecule has 0 radical (unpaired) electrons. The minimum absolute atomic E-state index is 0.625. The zero-order chi connectivity index (χ0) is 15.7. The number of halogens is 1. The predicted molar refractivity (Wildman–Crippen MR) is 90.8 cm³/mol. The Morgan fingerprint density at radius 1 is 1.10 bits per heavy atom. The van der Waals surface area contributed by atoms with Crippen LogP contribution in [0.25, 0.3) is 0 Å². The van der Waals surface area contributed by atoms with Crippen molar-refractivity contribution >= 4 is 15.9 Å². The fraction of sp³-hybridized carbons (Fsp3) is 0.647. The number of hydrogen-bond donors (Lipinski definition) is 0. The van der Waals surface area contributed by atoms with Gasteiger partial charge >= 0.3 is 0 Å². The number of ether oxygens (including phenoxy) is 3. The van der Waals surface area contributed by atoms with Crippen LogP contribution in [-0.4, -0.2) is 32.8 Å². The molecule has 0 heterocycles. The number of benzene rings is 1. The molecule has 1 aromatic rings. The van der Waals surface area contributed by atoms with E-state index in [4.69, 9.17) is 14.2 Å². The Labute approximate surface area is 137 Å². The molecule has 0 aliphatic heterocycles. The van der Waals surface area contributed by atoms with Crippen molar-refractivity contribution in [3.8, 4) is 11.5 Å². The fourth-order valence-electron chi connectivity index (χ4n) is 2.12. The van der Waals surface area contributed by atoms with Gasteiger partial charge in [0.15, 0.2) is 11.5 Å². The van der Waals surface area contributed by atoms with E-state index in [2.05, 4.69) is 41.9 Å². The topological polar surface area (TPSA) is 27.7 Å². The molecule has 21 heavy (non-hydrogen) atoms. The first-order valence-electron chi connectivity index (χ1n) is 7.47. The molecule has 1 atom stereocenters. The molecule has 0 aliphatic rings. The average Bonchev–Trinajstić information content (AvgIpc) is 2.49. The van der Waals surface area contributed by atoms with E-state index in [9.17, 15) is 0 Å². The molecule has 0 bridgehead atoms. The van der Waals surface area contributed by atoms with Crippen molar-refractivity contribution in [2.75, 3.05) is 32.8 Å². The molecule has 0 spiro atoms. The number of alkyl halides is 1. The molecule has 3 nitrogen and oxygen atoms in total. The van der Waals surface area contributed by atoms with Crippen LogP contribution in [0.2, 0.25) is 0 Å². The highest BCUT2D eigenvalue weighted by Crippen LogP contribution is 2.30. The van der Waals surface area contributed by atoms with Crippen LogP contribution in [0.15, 0.2) is 18.2 Å². The van der Waals surface area contributed by atoms with Gasteiger partial charge in [-0.1, -0.05) is 35.8 Å². The molecule has 0 aromatic heterocycles. The van der Waals surface area contributed by atoms with Crippen LogP contribution in [0.4, 0.5) is 0 Å². The van der Waals surface area contributed by atoms with Crippen LogP contribution in [0.3, 0.4) is 0 Å². The normalized spacial score (nSPS) is 12.5. The van der Waals surface area contributed by atoms with Gasteiger partial charge in [-0.25, -0.2) is 0 Å². The van der Waals surface area contributed by atoms with E-state index in [1.54, 1.807) is 14.2 Å². The van der Waals surface area contributed by atoms with Crippen LogP contribution in [0.5, 0.6) is 11.5 Å². The smallest absolute Gasteiger partial charge is 0.161 e. The van der Waals surface area contributed by atoms with Gasteiger partial charge in [-0.05, 0) is 36.0 Å². The lowest BCUT2D eigenvalue weighted by atomic mass is 9.91. The Morgan fingerprint density at radius 3 is 2.43 bits per heavy atom. The standard InChI is InChI=1S/C17H27BrO3/c1-13(2)15(12-18)10-14-6-7-16(20-4)17(11-14)21-9-5-8-19-3/h6-7,11,13,15H,5,8-10,12H2,1-4H3/t15-/m0/s1. The second kappa shape index (κ2) is 10.1. The third-order valence-electron chi connectivity index (χ3n) is 3.62. The molecule has 0 N–H and O–H groups in total. The Bertz CT molecular complexity index is 407. The Hall–Kier alpha value is -0.740. The summed E-state index contributed by atoms with van der Waals surface area (Å²) in [4.78, 5) is 0. The van der Waals surface area contributed by atoms with Gasteiger partial charge < -0.3 is 14.2 Å². The van der Waals surface area contributed by atoms with Crippen molar-refractivity contribution in [3.05, 3.63) is 23.8 Å². The highest BCUT2D eigenvalue weighted by molar-refractivity contribution is 9.09. The van der Waals surface area contributed by atoms with Gasteiger partial charge in [0.05, 0.1) is 13.7 Å². The lowest BCUT2D eigenvalue weighted by Gasteiger charge is -2.19. The van der Waals surface area contributed by atoms with Gasteiger partial charge in [-0.15, -0.1) is 0 Å². The molecule has 4 heteroatoms. The van der Waals surface area contributed by atoms with Crippen molar-refractivity contribution in [1.82, 2.24) is 0 Å². The lowest BCUT2D eigenvalue weighted by Crippen LogP contribution is -2.13. The monoisotopic (exact) mass is 358 g/mol. The second-order valence-corrected chi connectivity index (χ2v) is 6.19. The summed E-state index contributed by atoms with van der Waals surface area (Å²) < 4.78 is 16.2. The quantitative estimate of drug-likeness (QED) is 0.460. The van der Waals surface area contributed by atoms with E-state index in [1.165, 1.54) is 5.56 Å². The van der Waals surface area contributed by atoms with Crippen molar-refractivity contribution in [2.24, 2.45) is 11.8 Å². The average molecular weight is 359 g/mol. The molecular formula is C17H27BrO3. The van der Waals surface area contributed by atoms with Crippen molar-refractivity contribution in [1.29, 1.82) is 0 Å². The summed E-state index contributed by atoms with van der Waals surface area (Å²) in [5.41, 5.74) is 1.29. The third kappa shape index (κ3) is 6.27. The first-order valence-corrected chi connectivity index (χ1v) is 8.59. The highest BCUT2D eigenvalue weighted by Gasteiger charge is 2.14. The van der Waals surface area contributed by atoms with Gasteiger partial charge in [-0.3, -0.25) is 0 Å². The molecule has 1 aromatic carbocycles. The van der Waals surface area contributed by atoms with E-state index in [1.807, 2.05) is 6.07 Å². The summed E-state index contributed by atoms with van der Waals surface area (Å²) in [6, 6.07) is 6.22. The summed E-state index contributed by atoms with van der Waals surface area (Å²) >= 11 is 3.61.